The molecule has 0 atom stereocenters. The molecule has 0 aromatic heterocycles. The van der Waals surface area contributed by atoms with Crippen molar-refractivity contribution in [1.82, 2.24) is 5.32 Å². The molecule has 1 aliphatic rings. The van der Waals surface area contributed by atoms with E-state index >= 15 is 0 Å². The maximum atomic E-state index is 13.0. The number of benzene rings is 3. The lowest BCUT2D eigenvalue weighted by atomic mass is 10.1. The Morgan fingerprint density at radius 1 is 0.912 bits per heavy atom. The minimum atomic E-state index is -0.788. The summed E-state index contributed by atoms with van der Waals surface area (Å²) in [5.74, 6) is -0.453. The van der Waals surface area contributed by atoms with Crippen LogP contribution in [0.5, 0.6) is 11.5 Å². The standard InChI is InChI=1S/C26H21BrN2O5/c1-2-33-23-15-17(12-13-22(23)34-16-18-8-6-7-11-21(18)27)14-20-24(30)28-26(32)29(25(20)31)19-9-4-3-5-10-19/h3-15H,2,16H2,1H3,(H,28,30,32)/b20-14+. The largest absolute Gasteiger partial charge is 0.490 e. The Morgan fingerprint density at radius 2 is 1.65 bits per heavy atom. The fourth-order valence-corrected chi connectivity index (χ4v) is 3.81. The number of anilines is 1. The highest BCUT2D eigenvalue weighted by atomic mass is 79.9. The first-order valence-corrected chi connectivity index (χ1v) is 11.4. The number of carbonyl (C=O) groups is 3. The molecule has 4 rings (SSSR count). The molecule has 1 fully saturated rings. The van der Waals surface area contributed by atoms with Crippen molar-refractivity contribution in [2.45, 2.75) is 13.5 Å². The minimum absolute atomic E-state index is 0.159. The molecule has 0 saturated carbocycles. The molecular formula is C26H21BrN2O5. The average Bonchev–Trinajstić information content (AvgIpc) is 2.83. The highest BCUT2D eigenvalue weighted by molar-refractivity contribution is 9.10. The molecule has 7 nitrogen and oxygen atoms in total. The summed E-state index contributed by atoms with van der Waals surface area (Å²) in [6.45, 7) is 2.59. The summed E-state index contributed by atoms with van der Waals surface area (Å²) in [5, 5.41) is 2.22. The van der Waals surface area contributed by atoms with Crippen LogP contribution in [0, 0.1) is 0 Å². The predicted molar refractivity (Wildman–Crippen MR) is 132 cm³/mol. The van der Waals surface area contributed by atoms with E-state index in [0.29, 0.717) is 36.0 Å². The van der Waals surface area contributed by atoms with E-state index in [1.807, 2.05) is 31.2 Å². The van der Waals surface area contributed by atoms with Crippen molar-refractivity contribution < 1.29 is 23.9 Å². The van der Waals surface area contributed by atoms with Gasteiger partial charge in [0, 0.05) is 10.0 Å². The smallest absolute Gasteiger partial charge is 0.335 e. The number of carbonyl (C=O) groups excluding carboxylic acids is 3. The van der Waals surface area contributed by atoms with Crippen molar-refractivity contribution in [1.29, 1.82) is 0 Å². The lowest BCUT2D eigenvalue weighted by Gasteiger charge is -2.26. The molecule has 8 heteroatoms. The van der Waals surface area contributed by atoms with E-state index in [4.69, 9.17) is 9.47 Å². The summed E-state index contributed by atoms with van der Waals surface area (Å²) >= 11 is 3.51. The Labute approximate surface area is 205 Å². The van der Waals surface area contributed by atoms with Gasteiger partial charge in [-0.05, 0) is 48.9 Å². The average molecular weight is 521 g/mol. The third-order valence-electron chi connectivity index (χ3n) is 5.04. The molecule has 3 aromatic carbocycles. The normalized spacial score (nSPS) is 14.8. The maximum Gasteiger partial charge on any atom is 0.335 e. The third kappa shape index (κ3) is 5.02. The number of hydrogen-bond donors (Lipinski definition) is 1. The van der Waals surface area contributed by atoms with E-state index in [-0.39, 0.29) is 5.57 Å². The van der Waals surface area contributed by atoms with Gasteiger partial charge in [-0.25, -0.2) is 9.69 Å². The van der Waals surface area contributed by atoms with Gasteiger partial charge in [-0.15, -0.1) is 0 Å². The minimum Gasteiger partial charge on any atom is -0.490 e. The van der Waals surface area contributed by atoms with Gasteiger partial charge in [-0.2, -0.15) is 0 Å². The molecule has 0 spiro atoms. The number of ether oxygens (including phenoxy) is 2. The van der Waals surface area contributed by atoms with E-state index < -0.39 is 17.8 Å². The highest BCUT2D eigenvalue weighted by Gasteiger charge is 2.36. The van der Waals surface area contributed by atoms with Crippen molar-refractivity contribution >= 4 is 45.5 Å². The number of nitrogens with one attached hydrogen (secondary N) is 1. The topological polar surface area (TPSA) is 84.9 Å². The van der Waals surface area contributed by atoms with Gasteiger partial charge in [-0.3, -0.25) is 14.9 Å². The maximum absolute atomic E-state index is 13.0. The number of nitrogens with zero attached hydrogens (tertiary/aromatic N) is 1. The fraction of sp³-hybridized carbons (Fsp3) is 0.115. The van der Waals surface area contributed by atoms with Gasteiger partial charge in [0.1, 0.15) is 12.2 Å². The Hall–Kier alpha value is -3.91. The van der Waals surface area contributed by atoms with Crippen LogP contribution in [0.4, 0.5) is 10.5 Å². The number of rotatable bonds is 7. The second-order valence-corrected chi connectivity index (χ2v) is 8.17. The molecule has 1 saturated heterocycles. The van der Waals surface area contributed by atoms with Gasteiger partial charge >= 0.3 is 6.03 Å². The molecule has 1 heterocycles. The number of hydrogen-bond acceptors (Lipinski definition) is 5. The van der Waals surface area contributed by atoms with Crippen molar-refractivity contribution in [3.05, 3.63) is 94.0 Å². The number of para-hydroxylation sites is 1. The van der Waals surface area contributed by atoms with Gasteiger partial charge in [-0.1, -0.05) is 58.4 Å². The Morgan fingerprint density at radius 3 is 2.38 bits per heavy atom. The number of halogens is 1. The second kappa shape index (κ2) is 10.4. The molecule has 3 aromatic rings. The Kier molecular flexibility index (Phi) is 7.08. The lowest BCUT2D eigenvalue weighted by molar-refractivity contribution is -0.122. The van der Waals surface area contributed by atoms with Crippen LogP contribution >= 0.6 is 15.9 Å². The van der Waals surface area contributed by atoms with Crippen LogP contribution in [0.2, 0.25) is 0 Å². The summed E-state index contributed by atoms with van der Waals surface area (Å²) in [6.07, 6.45) is 1.43. The number of imide groups is 2. The van der Waals surface area contributed by atoms with Gasteiger partial charge in [0.05, 0.1) is 12.3 Å². The van der Waals surface area contributed by atoms with Crippen LogP contribution in [0.15, 0.2) is 82.8 Å². The summed E-state index contributed by atoms with van der Waals surface area (Å²) in [5.41, 5.74) is 1.74. The van der Waals surface area contributed by atoms with Crippen LogP contribution in [0.3, 0.4) is 0 Å². The van der Waals surface area contributed by atoms with E-state index in [0.717, 1.165) is 14.9 Å². The van der Waals surface area contributed by atoms with E-state index in [1.54, 1.807) is 48.5 Å². The molecule has 1 aliphatic heterocycles. The van der Waals surface area contributed by atoms with E-state index in [1.165, 1.54) is 6.08 Å². The summed E-state index contributed by atoms with van der Waals surface area (Å²) < 4.78 is 12.6. The number of barbiturate groups is 1. The number of urea groups is 1. The van der Waals surface area contributed by atoms with Crippen molar-refractivity contribution in [3.63, 3.8) is 0 Å². The molecule has 172 valence electrons. The molecule has 4 amide bonds. The zero-order valence-corrected chi connectivity index (χ0v) is 19.9. The molecule has 0 unspecified atom stereocenters. The zero-order chi connectivity index (χ0) is 24.1. The zero-order valence-electron chi connectivity index (χ0n) is 18.3. The second-order valence-electron chi connectivity index (χ2n) is 7.31. The van der Waals surface area contributed by atoms with Gasteiger partial charge < -0.3 is 9.47 Å². The summed E-state index contributed by atoms with van der Waals surface area (Å²) in [6, 6.07) is 20.5. The van der Waals surface area contributed by atoms with Crippen molar-refractivity contribution in [2.75, 3.05) is 11.5 Å². The summed E-state index contributed by atoms with van der Waals surface area (Å²) in [4.78, 5) is 38.7. The summed E-state index contributed by atoms with van der Waals surface area (Å²) in [7, 11) is 0. The molecule has 0 bridgehead atoms. The first kappa shape index (κ1) is 23.3. The monoisotopic (exact) mass is 520 g/mol. The van der Waals surface area contributed by atoms with Crippen LogP contribution in [0.1, 0.15) is 18.1 Å². The molecule has 34 heavy (non-hydrogen) atoms. The molecule has 0 aliphatic carbocycles. The quantitative estimate of drug-likeness (QED) is 0.346. The molecule has 1 N–H and O–H groups in total. The van der Waals surface area contributed by atoms with Crippen molar-refractivity contribution in [2.24, 2.45) is 0 Å². The first-order chi connectivity index (χ1) is 16.5. The van der Waals surface area contributed by atoms with Crippen LogP contribution in [-0.2, 0) is 16.2 Å². The molecular weight excluding hydrogens is 500 g/mol. The van der Waals surface area contributed by atoms with Crippen LogP contribution in [-0.4, -0.2) is 24.5 Å². The van der Waals surface area contributed by atoms with Gasteiger partial charge in [0.25, 0.3) is 11.8 Å². The first-order valence-electron chi connectivity index (χ1n) is 10.6. The third-order valence-corrected chi connectivity index (χ3v) is 5.81. The SMILES string of the molecule is CCOc1cc(/C=C2\C(=O)NC(=O)N(c3ccccc3)C2=O)ccc1OCc1ccccc1Br. The van der Waals surface area contributed by atoms with Crippen LogP contribution < -0.4 is 19.7 Å². The van der Waals surface area contributed by atoms with E-state index in [9.17, 15) is 14.4 Å². The van der Waals surface area contributed by atoms with Gasteiger partial charge in [0.2, 0.25) is 0 Å². The molecule has 0 radical (unpaired) electrons. The van der Waals surface area contributed by atoms with Gasteiger partial charge in [0.15, 0.2) is 11.5 Å². The number of amides is 4. The van der Waals surface area contributed by atoms with E-state index in [2.05, 4.69) is 21.2 Å². The van der Waals surface area contributed by atoms with Crippen molar-refractivity contribution in [3.8, 4) is 11.5 Å². The lowest BCUT2D eigenvalue weighted by Crippen LogP contribution is -2.54. The predicted octanol–water partition coefficient (Wildman–Crippen LogP) is 5.09. The Bertz CT molecular complexity index is 1270. The Balaban J connectivity index is 1.61. The fourth-order valence-electron chi connectivity index (χ4n) is 3.41. The highest BCUT2D eigenvalue weighted by Crippen LogP contribution is 2.31. The van der Waals surface area contributed by atoms with Crippen LogP contribution in [0.25, 0.3) is 6.08 Å².